The van der Waals surface area contributed by atoms with Crippen LogP contribution in [-0.4, -0.2) is 42.9 Å². The summed E-state index contributed by atoms with van der Waals surface area (Å²) in [7, 11) is 0. The first-order valence-corrected chi connectivity index (χ1v) is 12.2. The molecular formula is C30H28FNO3. The van der Waals surface area contributed by atoms with Gasteiger partial charge in [-0.25, -0.2) is 9.18 Å². The van der Waals surface area contributed by atoms with Crippen molar-refractivity contribution in [2.45, 2.75) is 37.8 Å². The van der Waals surface area contributed by atoms with Gasteiger partial charge in [-0.05, 0) is 65.3 Å². The standard InChI is InChI=1S/C30H28FNO3/c1-19-12-22(31)11-10-21(19)13-20-14-23-16-34-17-24(15-20)32(23)30(33)35-18-29-27-8-4-2-6-25(27)26-7-3-5-9-28(26)29/h2-12,14,23-24,29H,13,15-18H2,1H3. The molecule has 1 fully saturated rings. The zero-order chi connectivity index (χ0) is 23.9. The van der Waals surface area contributed by atoms with Crippen molar-refractivity contribution in [3.63, 3.8) is 0 Å². The third kappa shape index (κ3) is 4.04. The highest BCUT2D eigenvalue weighted by Gasteiger charge is 2.39. The number of carbonyl (C=O) groups is 1. The van der Waals surface area contributed by atoms with Crippen molar-refractivity contribution in [3.05, 3.63) is 106 Å². The van der Waals surface area contributed by atoms with Crippen molar-refractivity contribution < 1.29 is 18.7 Å². The lowest BCUT2D eigenvalue weighted by atomic mass is 9.89. The molecule has 2 atom stereocenters. The van der Waals surface area contributed by atoms with Crippen LogP contribution in [0.3, 0.4) is 0 Å². The summed E-state index contributed by atoms with van der Waals surface area (Å²) >= 11 is 0. The molecular weight excluding hydrogens is 441 g/mol. The molecule has 178 valence electrons. The first-order valence-electron chi connectivity index (χ1n) is 12.2. The number of ether oxygens (including phenoxy) is 2. The molecule has 2 unspecified atom stereocenters. The van der Waals surface area contributed by atoms with Gasteiger partial charge in [-0.3, -0.25) is 4.90 Å². The Bertz CT molecular complexity index is 1270. The third-order valence-electron chi connectivity index (χ3n) is 7.54. The van der Waals surface area contributed by atoms with E-state index < -0.39 is 0 Å². The Balaban J connectivity index is 1.18. The number of hydrogen-bond donors (Lipinski definition) is 0. The quantitative estimate of drug-likeness (QED) is 0.438. The topological polar surface area (TPSA) is 38.8 Å². The minimum atomic E-state index is -0.279. The summed E-state index contributed by atoms with van der Waals surface area (Å²) < 4.78 is 25.3. The maximum absolute atomic E-state index is 13.5. The van der Waals surface area contributed by atoms with Crippen molar-refractivity contribution >= 4 is 6.09 Å². The van der Waals surface area contributed by atoms with Crippen LogP contribution in [-0.2, 0) is 15.9 Å². The molecule has 4 nitrogen and oxygen atoms in total. The van der Waals surface area contributed by atoms with E-state index >= 15 is 0 Å². The maximum atomic E-state index is 13.5. The molecule has 1 saturated heterocycles. The van der Waals surface area contributed by atoms with E-state index in [0.717, 1.165) is 24.0 Å². The van der Waals surface area contributed by atoms with Crippen molar-refractivity contribution in [2.24, 2.45) is 0 Å². The molecule has 6 rings (SSSR count). The van der Waals surface area contributed by atoms with Gasteiger partial charge in [0.15, 0.2) is 0 Å². The second-order valence-electron chi connectivity index (χ2n) is 9.75. The molecule has 2 bridgehead atoms. The summed E-state index contributed by atoms with van der Waals surface area (Å²) in [4.78, 5) is 15.2. The van der Waals surface area contributed by atoms with Crippen LogP contribution in [0.5, 0.6) is 0 Å². The molecule has 2 aliphatic heterocycles. The van der Waals surface area contributed by atoms with Gasteiger partial charge in [0.1, 0.15) is 12.4 Å². The lowest BCUT2D eigenvalue weighted by Gasteiger charge is -2.44. The summed E-state index contributed by atoms with van der Waals surface area (Å²) in [5.41, 5.74) is 8.19. The fraction of sp³-hybridized carbons (Fsp3) is 0.300. The minimum absolute atomic E-state index is 0.0415. The molecule has 35 heavy (non-hydrogen) atoms. The van der Waals surface area contributed by atoms with Crippen molar-refractivity contribution in [3.8, 4) is 11.1 Å². The van der Waals surface area contributed by atoms with Gasteiger partial charge >= 0.3 is 6.09 Å². The fourth-order valence-electron chi connectivity index (χ4n) is 5.87. The molecule has 2 heterocycles. The highest BCUT2D eigenvalue weighted by molar-refractivity contribution is 5.79. The van der Waals surface area contributed by atoms with Gasteiger partial charge in [0.25, 0.3) is 0 Å². The number of benzene rings is 3. The van der Waals surface area contributed by atoms with Crippen LogP contribution in [0.2, 0.25) is 0 Å². The Labute approximate surface area is 205 Å². The zero-order valence-electron chi connectivity index (χ0n) is 19.7. The number of rotatable bonds is 4. The first kappa shape index (κ1) is 22.1. The van der Waals surface area contributed by atoms with E-state index in [1.807, 2.05) is 30.0 Å². The van der Waals surface area contributed by atoms with Gasteiger partial charge in [-0.1, -0.05) is 66.2 Å². The lowest BCUT2D eigenvalue weighted by Crippen LogP contribution is -2.56. The molecule has 3 aliphatic rings. The van der Waals surface area contributed by atoms with E-state index in [1.165, 1.54) is 33.9 Å². The average Bonchev–Trinajstić information content (AvgIpc) is 3.17. The Morgan fingerprint density at radius 2 is 1.74 bits per heavy atom. The van der Waals surface area contributed by atoms with E-state index in [9.17, 15) is 9.18 Å². The second kappa shape index (κ2) is 8.97. The molecule has 3 aromatic carbocycles. The smallest absolute Gasteiger partial charge is 0.410 e. The van der Waals surface area contributed by atoms with Gasteiger partial charge in [0.2, 0.25) is 0 Å². The molecule has 3 aromatic rings. The van der Waals surface area contributed by atoms with Crippen LogP contribution in [0.1, 0.15) is 34.6 Å². The highest BCUT2D eigenvalue weighted by Crippen LogP contribution is 2.44. The van der Waals surface area contributed by atoms with Crippen LogP contribution in [0, 0.1) is 12.7 Å². The molecule has 1 aliphatic carbocycles. The van der Waals surface area contributed by atoms with Crippen molar-refractivity contribution in [2.75, 3.05) is 19.8 Å². The van der Waals surface area contributed by atoms with Crippen LogP contribution >= 0.6 is 0 Å². The van der Waals surface area contributed by atoms with Crippen molar-refractivity contribution in [1.82, 2.24) is 4.90 Å². The number of carbonyl (C=O) groups excluding carboxylic acids is 1. The summed E-state index contributed by atoms with van der Waals surface area (Å²) in [6.45, 7) is 3.22. The first-order chi connectivity index (χ1) is 17.1. The lowest BCUT2D eigenvalue weighted by molar-refractivity contribution is -0.0363. The number of fused-ring (bicyclic) bond motifs is 5. The van der Waals surface area contributed by atoms with Crippen LogP contribution < -0.4 is 0 Å². The Hall–Kier alpha value is -3.44. The third-order valence-corrected chi connectivity index (χ3v) is 7.54. The van der Waals surface area contributed by atoms with E-state index in [1.54, 1.807) is 6.07 Å². The number of morpholine rings is 1. The molecule has 5 heteroatoms. The molecule has 0 saturated carbocycles. The number of amides is 1. The number of hydrogen-bond acceptors (Lipinski definition) is 3. The second-order valence-corrected chi connectivity index (χ2v) is 9.75. The predicted octanol–water partition coefficient (Wildman–Crippen LogP) is 6.03. The van der Waals surface area contributed by atoms with Crippen LogP contribution in [0.4, 0.5) is 9.18 Å². The summed E-state index contributed by atoms with van der Waals surface area (Å²) in [6.07, 6.45) is 3.35. The summed E-state index contributed by atoms with van der Waals surface area (Å²) in [5, 5.41) is 0. The number of aryl methyl sites for hydroxylation is 1. The Morgan fingerprint density at radius 1 is 1.03 bits per heavy atom. The average molecular weight is 470 g/mol. The molecule has 0 aromatic heterocycles. The van der Waals surface area contributed by atoms with E-state index in [-0.39, 0.29) is 29.9 Å². The van der Waals surface area contributed by atoms with Crippen LogP contribution in [0.15, 0.2) is 78.4 Å². The van der Waals surface area contributed by atoms with Crippen molar-refractivity contribution in [1.29, 1.82) is 0 Å². The molecule has 0 N–H and O–H groups in total. The SMILES string of the molecule is Cc1cc(F)ccc1CC1=CC2COCC(C1)N2C(=O)OCC1c2ccccc2-c2ccccc21. The van der Waals surface area contributed by atoms with Gasteiger partial charge in [0, 0.05) is 5.92 Å². The Kier molecular flexibility index (Phi) is 5.65. The van der Waals surface area contributed by atoms with E-state index in [2.05, 4.69) is 42.5 Å². The molecule has 0 radical (unpaired) electrons. The van der Waals surface area contributed by atoms with Crippen LogP contribution in [0.25, 0.3) is 11.1 Å². The number of halogens is 1. The Morgan fingerprint density at radius 3 is 2.43 bits per heavy atom. The predicted molar refractivity (Wildman–Crippen MR) is 133 cm³/mol. The molecule has 1 amide bonds. The number of nitrogens with zero attached hydrogens (tertiary/aromatic N) is 1. The van der Waals surface area contributed by atoms with E-state index in [0.29, 0.717) is 19.8 Å². The monoisotopic (exact) mass is 469 g/mol. The maximum Gasteiger partial charge on any atom is 0.410 e. The summed E-state index contributed by atoms with van der Waals surface area (Å²) in [6, 6.07) is 21.5. The zero-order valence-corrected chi connectivity index (χ0v) is 19.7. The molecule has 0 spiro atoms. The summed E-state index contributed by atoms with van der Waals surface area (Å²) in [5.74, 6) is -0.171. The van der Waals surface area contributed by atoms with Gasteiger partial charge in [0.05, 0.1) is 25.3 Å². The largest absolute Gasteiger partial charge is 0.448 e. The van der Waals surface area contributed by atoms with E-state index in [4.69, 9.17) is 9.47 Å². The normalized spacial score (nSPS) is 20.7. The minimum Gasteiger partial charge on any atom is -0.448 e. The highest BCUT2D eigenvalue weighted by atomic mass is 19.1. The fourth-order valence-corrected chi connectivity index (χ4v) is 5.87. The van der Waals surface area contributed by atoms with Gasteiger partial charge in [-0.15, -0.1) is 0 Å². The van der Waals surface area contributed by atoms with Gasteiger partial charge in [-0.2, -0.15) is 0 Å². The van der Waals surface area contributed by atoms with Gasteiger partial charge < -0.3 is 9.47 Å².